The zero-order chi connectivity index (χ0) is 11.7. The van der Waals surface area contributed by atoms with Crippen molar-refractivity contribution in [1.29, 1.82) is 0 Å². The second-order valence-electron chi connectivity index (χ2n) is 3.52. The molecule has 3 aromatic rings. The first-order valence-electron chi connectivity index (χ1n) is 5.04. The smallest absolute Gasteiger partial charge is 0.243 e. The van der Waals surface area contributed by atoms with Gasteiger partial charge in [-0.15, -0.1) is 5.10 Å². The molecule has 0 saturated carbocycles. The van der Waals surface area contributed by atoms with E-state index in [9.17, 15) is 0 Å². The third kappa shape index (κ3) is 2.07. The second kappa shape index (κ2) is 4.06. The molecule has 0 aliphatic carbocycles. The van der Waals surface area contributed by atoms with Gasteiger partial charge in [-0.1, -0.05) is 11.6 Å². The highest BCUT2D eigenvalue weighted by atomic mass is 35.5. The molecule has 0 unspecified atom stereocenters. The molecule has 0 saturated heterocycles. The molecule has 3 heterocycles. The highest BCUT2D eigenvalue weighted by molar-refractivity contribution is 6.30. The van der Waals surface area contributed by atoms with Crippen LogP contribution in [0, 0.1) is 0 Å². The lowest BCUT2D eigenvalue weighted by molar-refractivity contribution is 0.945. The van der Waals surface area contributed by atoms with Crippen LogP contribution in [0.4, 0.5) is 5.95 Å². The number of hydrogen-bond acceptors (Lipinski definition) is 4. The Bertz CT molecular complexity index is 629. The first-order valence-corrected chi connectivity index (χ1v) is 5.42. The largest absolute Gasteiger partial charge is 0.347 e. The Hall–Kier alpha value is -2.08. The number of rotatable bonds is 3. The molecule has 2 N–H and O–H groups in total. The summed E-state index contributed by atoms with van der Waals surface area (Å²) in [6.45, 7) is 0.602. The molecule has 3 aromatic heterocycles. The highest BCUT2D eigenvalue weighted by Gasteiger charge is 2.03. The predicted molar refractivity (Wildman–Crippen MR) is 63.9 cm³/mol. The van der Waals surface area contributed by atoms with Crippen LogP contribution >= 0.6 is 11.6 Å². The van der Waals surface area contributed by atoms with E-state index in [-0.39, 0.29) is 0 Å². The van der Waals surface area contributed by atoms with Crippen LogP contribution in [0.3, 0.4) is 0 Å². The molecule has 6 nitrogen and oxygen atoms in total. The standard InChI is InChI=1S/C10H9ClN6/c11-7-1-2-9-15-10(16-17(9)5-7)13-4-8-3-12-6-14-8/h1-3,5-6H,4H2,(H,12,14)(H,13,16). The third-order valence-electron chi connectivity index (χ3n) is 2.29. The van der Waals surface area contributed by atoms with Gasteiger partial charge < -0.3 is 10.3 Å². The quantitative estimate of drug-likeness (QED) is 0.740. The average Bonchev–Trinajstić information content (AvgIpc) is 2.94. The van der Waals surface area contributed by atoms with E-state index in [1.165, 1.54) is 0 Å². The van der Waals surface area contributed by atoms with Crippen molar-refractivity contribution >= 4 is 23.2 Å². The molecule has 86 valence electrons. The van der Waals surface area contributed by atoms with Gasteiger partial charge in [-0.25, -0.2) is 9.50 Å². The fourth-order valence-corrected chi connectivity index (χ4v) is 1.64. The van der Waals surface area contributed by atoms with E-state index in [1.54, 1.807) is 29.3 Å². The Labute approximate surface area is 102 Å². The van der Waals surface area contributed by atoms with Gasteiger partial charge in [0.2, 0.25) is 5.95 Å². The minimum atomic E-state index is 0.557. The number of anilines is 1. The lowest BCUT2D eigenvalue weighted by Crippen LogP contribution is -2.01. The van der Waals surface area contributed by atoms with Crippen molar-refractivity contribution in [3.8, 4) is 0 Å². The Balaban J connectivity index is 1.81. The zero-order valence-corrected chi connectivity index (χ0v) is 9.52. The number of imidazole rings is 1. The van der Waals surface area contributed by atoms with Crippen molar-refractivity contribution in [1.82, 2.24) is 24.6 Å². The van der Waals surface area contributed by atoms with Gasteiger partial charge in [-0.05, 0) is 12.1 Å². The van der Waals surface area contributed by atoms with Crippen LogP contribution in [-0.2, 0) is 6.54 Å². The average molecular weight is 249 g/mol. The van der Waals surface area contributed by atoms with E-state index in [1.807, 2.05) is 6.07 Å². The Morgan fingerprint density at radius 1 is 1.41 bits per heavy atom. The normalized spacial score (nSPS) is 10.9. The van der Waals surface area contributed by atoms with Gasteiger partial charge >= 0.3 is 0 Å². The number of halogens is 1. The van der Waals surface area contributed by atoms with E-state index in [2.05, 4.69) is 25.4 Å². The van der Waals surface area contributed by atoms with E-state index >= 15 is 0 Å². The fourth-order valence-electron chi connectivity index (χ4n) is 1.49. The molecular formula is C10H9ClN6. The zero-order valence-electron chi connectivity index (χ0n) is 8.76. The number of hydrogen-bond donors (Lipinski definition) is 2. The summed E-state index contributed by atoms with van der Waals surface area (Å²) in [5.41, 5.74) is 1.73. The lowest BCUT2D eigenvalue weighted by atomic mass is 10.5. The van der Waals surface area contributed by atoms with Gasteiger partial charge in [0.15, 0.2) is 5.65 Å². The summed E-state index contributed by atoms with van der Waals surface area (Å²) in [4.78, 5) is 11.2. The number of nitrogens with zero attached hydrogens (tertiary/aromatic N) is 4. The first-order chi connectivity index (χ1) is 8.31. The summed E-state index contributed by atoms with van der Waals surface area (Å²) in [6, 6.07) is 3.60. The Morgan fingerprint density at radius 2 is 2.35 bits per heavy atom. The van der Waals surface area contributed by atoms with Crippen LogP contribution in [0.2, 0.25) is 5.02 Å². The van der Waals surface area contributed by atoms with Crippen LogP contribution in [0.5, 0.6) is 0 Å². The fraction of sp³-hybridized carbons (Fsp3) is 0.100. The van der Waals surface area contributed by atoms with Gasteiger partial charge in [0.1, 0.15) is 0 Å². The summed E-state index contributed by atoms with van der Waals surface area (Å²) in [5.74, 6) is 0.557. The number of nitrogens with one attached hydrogen (secondary N) is 2. The number of aromatic amines is 1. The topological polar surface area (TPSA) is 70.9 Å². The maximum Gasteiger partial charge on any atom is 0.243 e. The molecular weight excluding hydrogens is 240 g/mol. The molecule has 3 rings (SSSR count). The maximum absolute atomic E-state index is 5.86. The van der Waals surface area contributed by atoms with Crippen molar-refractivity contribution < 1.29 is 0 Å². The van der Waals surface area contributed by atoms with Crippen molar-refractivity contribution in [2.75, 3.05) is 5.32 Å². The predicted octanol–water partition coefficient (Wildman–Crippen LogP) is 1.72. The number of H-pyrrole nitrogens is 1. The maximum atomic E-state index is 5.86. The van der Waals surface area contributed by atoms with Gasteiger partial charge in [-0.2, -0.15) is 4.98 Å². The van der Waals surface area contributed by atoms with Gasteiger partial charge in [0, 0.05) is 12.4 Å². The van der Waals surface area contributed by atoms with Crippen LogP contribution in [-0.4, -0.2) is 24.6 Å². The number of aromatic nitrogens is 5. The van der Waals surface area contributed by atoms with Crippen molar-refractivity contribution in [3.05, 3.63) is 41.6 Å². The molecule has 0 atom stereocenters. The summed E-state index contributed by atoms with van der Waals surface area (Å²) in [6.07, 6.45) is 5.10. The molecule has 0 amide bonds. The SMILES string of the molecule is Clc1ccc2nc(NCc3cnc[nH]3)nn2c1. The monoisotopic (exact) mass is 248 g/mol. The molecule has 17 heavy (non-hydrogen) atoms. The minimum Gasteiger partial charge on any atom is -0.347 e. The van der Waals surface area contributed by atoms with E-state index in [0.29, 0.717) is 17.5 Å². The molecule has 0 fully saturated rings. The van der Waals surface area contributed by atoms with E-state index in [0.717, 1.165) is 11.3 Å². The summed E-state index contributed by atoms with van der Waals surface area (Å²) in [5, 5.41) is 7.97. The van der Waals surface area contributed by atoms with Crippen molar-refractivity contribution in [3.63, 3.8) is 0 Å². The van der Waals surface area contributed by atoms with Crippen LogP contribution in [0.1, 0.15) is 5.69 Å². The second-order valence-corrected chi connectivity index (χ2v) is 3.95. The van der Waals surface area contributed by atoms with Gasteiger partial charge in [0.05, 0.1) is 23.6 Å². The van der Waals surface area contributed by atoms with Crippen LogP contribution < -0.4 is 5.32 Å². The van der Waals surface area contributed by atoms with Crippen molar-refractivity contribution in [2.24, 2.45) is 0 Å². The van der Waals surface area contributed by atoms with Crippen molar-refractivity contribution in [2.45, 2.75) is 6.54 Å². The molecule has 7 heteroatoms. The van der Waals surface area contributed by atoms with Crippen LogP contribution in [0.15, 0.2) is 30.9 Å². The lowest BCUT2D eigenvalue weighted by Gasteiger charge is -1.96. The molecule has 0 radical (unpaired) electrons. The summed E-state index contributed by atoms with van der Waals surface area (Å²) < 4.78 is 1.64. The minimum absolute atomic E-state index is 0.557. The highest BCUT2D eigenvalue weighted by Crippen LogP contribution is 2.11. The summed E-state index contributed by atoms with van der Waals surface area (Å²) >= 11 is 5.86. The number of pyridine rings is 1. The molecule has 0 aliphatic rings. The Morgan fingerprint density at radius 3 is 3.18 bits per heavy atom. The molecule has 0 aromatic carbocycles. The van der Waals surface area contributed by atoms with Gasteiger partial charge in [0.25, 0.3) is 0 Å². The summed E-state index contributed by atoms with van der Waals surface area (Å²) in [7, 11) is 0. The van der Waals surface area contributed by atoms with E-state index in [4.69, 9.17) is 11.6 Å². The first kappa shape index (κ1) is 10.1. The van der Waals surface area contributed by atoms with Gasteiger partial charge in [-0.3, -0.25) is 0 Å². The molecule has 0 bridgehead atoms. The molecule has 0 aliphatic heterocycles. The number of fused-ring (bicyclic) bond motifs is 1. The molecule has 0 spiro atoms. The van der Waals surface area contributed by atoms with Crippen LogP contribution in [0.25, 0.3) is 5.65 Å². The van der Waals surface area contributed by atoms with E-state index < -0.39 is 0 Å². The Kier molecular flexibility index (Phi) is 2.41. The third-order valence-corrected chi connectivity index (χ3v) is 2.51.